The van der Waals surface area contributed by atoms with Crippen molar-refractivity contribution in [2.75, 3.05) is 50.0 Å². The molecule has 38 heavy (non-hydrogen) atoms. The van der Waals surface area contributed by atoms with Crippen LogP contribution in [-0.2, 0) is 5.54 Å². The molecule has 0 atom stereocenters. The molecule has 2 saturated heterocycles. The zero-order valence-corrected chi connectivity index (χ0v) is 21.9. The number of hydrogen-bond acceptors (Lipinski definition) is 7. The summed E-state index contributed by atoms with van der Waals surface area (Å²) in [6, 6.07) is 9.51. The third-order valence-electron chi connectivity index (χ3n) is 9.12. The molecule has 9 heteroatoms. The third-order valence-corrected chi connectivity index (χ3v) is 9.12. The van der Waals surface area contributed by atoms with Gasteiger partial charge in [0.1, 0.15) is 11.5 Å². The molecular weight excluding hydrogens is 481 g/mol. The Morgan fingerprint density at radius 2 is 1.82 bits per heavy atom. The van der Waals surface area contributed by atoms with E-state index in [1.165, 1.54) is 19.3 Å². The molecule has 0 bridgehead atoms. The molecule has 1 saturated carbocycles. The molecule has 1 amide bonds. The summed E-state index contributed by atoms with van der Waals surface area (Å²) in [6.45, 7) is 7.87. The Kier molecular flexibility index (Phi) is 5.24. The molecule has 1 aromatic carbocycles. The zero-order chi connectivity index (χ0) is 26.1. The number of benzene rings is 1. The lowest BCUT2D eigenvalue weighted by atomic mass is 9.72. The number of fused-ring (bicyclic) bond motifs is 2. The van der Waals surface area contributed by atoms with E-state index in [-0.39, 0.29) is 23.1 Å². The number of hydrogen-bond donors (Lipinski definition) is 1. The Morgan fingerprint density at radius 3 is 2.53 bits per heavy atom. The van der Waals surface area contributed by atoms with Crippen molar-refractivity contribution in [3.8, 4) is 11.3 Å². The van der Waals surface area contributed by atoms with Crippen LogP contribution in [-0.4, -0.2) is 70.4 Å². The molecule has 8 nitrogen and oxygen atoms in total. The fourth-order valence-electron chi connectivity index (χ4n) is 7.05. The number of aromatic nitrogens is 3. The van der Waals surface area contributed by atoms with Gasteiger partial charge in [-0.3, -0.25) is 4.79 Å². The lowest BCUT2D eigenvalue weighted by Crippen LogP contribution is -2.72. The molecule has 1 aliphatic carbocycles. The number of rotatable bonds is 5. The third kappa shape index (κ3) is 3.51. The first-order valence-electron chi connectivity index (χ1n) is 13.6. The summed E-state index contributed by atoms with van der Waals surface area (Å²) in [5.74, 6) is 0.426. The number of nitrogens with zero attached hydrogens (tertiary/aromatic N) is 6. The van der Waals surface area contributed by atoms with E-state index in [0.717, 1.165) is 56.6 Å². The number of anilines is 3. The van der Waals surface area contributed by atoms with E-state index >= 15 is 0 Å². The first-order valence-corrected chi connectivity index (χ1v) is 13.6. The fourth-order valence-corrected chi connectivity index (χ4v) is 7.05. The number of carbonyl (C=O) groups excluding carboxylic acids is 1. The van der Waals surface area contributed by atoms with Crippen molar-refractivity contribution in [2.24, 2.45) is 5.41 Å². The van der Waals surface area contributed by atoms with Crippen LogP contribution in [0.15, 0.2) is 42.7 Å². The highest BCUT2D eigenvalue weighted by atomic mass is 19.1. The molecule has 3 aromatic rings. The predicted molar refractivity (Wildman–Crippen MR) is 144 cm³/mol. The van der Waals surface area contributed by atoms with Crippen LogP contribution in [0, 0.1) is 11.2 Å². The summed E-state index contributed by atoms with van der Waals surface area (Å²) >= 11 is 0. The molecule has 5 heterocycles. The van der Waals surface area contributed by atoms with Gasteiger partial charge in [-0.2, -0.15) is 0 Å². The predicted octanol–water partition coefficient (Wildman–Crippen LogP) is 4.42. The quantitative estimate of drug-likeness (QED) is 0.541. The lowest BCUT2D eigenvalue weighted by Gasteiger charge is -2.61. The van der Waals surface area contributed by atoms with Crippen LogP contribution in [0.3, 0.4) is 0 Å². The van der Waals surface area contributed by atoms with E-state index in [4.69, 9.17) is 0 Å². The summed E-state index contributed by atoms with van der Waals surface area (Å²) in [6.07, 6.45) is 7.08. The van der Waals surface area contributed by atoms with Crippen LogP contribution < -0.4 is 10.2 Å². The monoisotopic (exact) mass is 513 g/mol. The van der Waals surface area contributed by atoms with Gasteiger partial charge in [0.25, 0.3) is 5.91 Å². The number of halogens is 1. The molecular formula is C29H32FN7O. The van der Waals surface area contributed by atoms with Crippen LogP contribution in [0.25, 0.3) is 11.3 Å². The summed E-state index contributed by atoms with van der Waals surface area (Å²) in [7, 11) is 1.88. The highest BCUT2D eigenvalue weighted by molar-refractivity contribution is 6.00. The summed E-state index contributed by atoms with van der Waals surface area (Å²) < 4.78 is 14.9. The second kappa shape index (κ2) is 8.46. The van der Waals surface area contributed by atoms with Gasteiger partial charge in [0, 0.05) is 49.8 Å². The number of carbonyl (C=O) groups is 1. The zero-order valence-electron chi connectivity index (χ0n) is 21.9. The normalized spacial score (nSPS) is 21.1. The molecule has 7 rings (SSSR count). The van der Waals surface area contributed by atoms with E-state index in [9.17, 15) is 9.18 Å². The Bertz CT molecular complexity index is 1400. The van der Waals surface area contributed by atoms with Crippen molar-refractivity contribution < 1.29 is 9.18 Å². The van der Waals surface area contributed by atoms with Crippen molar-refractivity contribution >= 4 is 23.4 Å². The molecule has 2 spiro atoms. The molecule has 0 radical (unpaired) electrons. The lowest BCUT2D eigenvalue weighted by molar-refractivity contribution is -0.0178. The van der Waals surface area contributed by atoms with Crippen LogP contribution in [0.2, 0.25) is 0 Å². The highest BCUT2D eigenvalue weighted by Gasteiger charge is 2.51. The Labute approximate surface area is 221 Å². The topological polar surface area (TPSA) is 77.5 Å². The molecule has 0 unspecified atom stereocenters. The second-order valence-corrected chi connectivity index (χ2v) is 11.4. The van der Waals surface area contributed by atoms with E-state index in [1.807, 2.05) is 36.3 Å². The van der Waals surface area contributed by atoms with Crippen molar-refractivity contribution in [1.29, 1.82) is 0 Å². The average molecular weight is 514 g/mol. The van der Waals surface area contributed by atoms with Gasteiger partial charge in [0.15, 0.2) is 5.82 Å². The van der Waals surface area contributed by atoms with Crippen LogP contribution in [0.4, 0.5) is 21.8 Å². The van der Waals surface area contributed by atoms with Crippen LogP contribution in [0.1, 0.15) is 48.5 Å². The van der Waals surface area contributed by atoms with E-state index in [2.05, 4.69) is 43.1 Å². The second-order valence-electron chi connectivity index (χ2n) is 11.4. The van der Waals surface area contributed by atoms with Crippen molar-refractivity contribution in [2.45, 2.75) is 38.1 Å². The molecule has 4 aliphatic rings. The summed E-state index contributed by atoms with van der Waals surface area (Å²) in [5.41, 5.74) is 3.84. The minimum atomic E-state index is -0.499. The summed E-state index contributed by atoms with van der Waals surface area (Å²) in [5, 5.41) is 3.12. The van der Waals surface area contributed by atoms with Crippen molar-refractivity contribution in [3.05, 3.63) is 59.7 Å². The minimum absolute atomic E-state index is 0.0394. The maximum Gasteiger partial charge on any atom is 0.254 e. The minimum Gasteiger partial charge on any atom is -0.369 e. The van der Waals surface area contributed by atoms with Crippen LogP contribution >= 0.6 is 0 Å². The largest absolute Gasteiger partial charge is 0.369 e. The van der Waals surface area contributed by atoms with Crippen molar-refractivity contribution in [3.63, 3.8) is 0 Å². The summed E-state index contributed by atoms with van der Waals surface area (Å²) in [4.78, 5) is 32.8. The van der Waals surface area contributed by atoms with Gasteiger partial charge in [-0.1, -0.05) is 25.8 Å². The van der Waals surface area contributed by atoms with Gasteiger partial charge in [-0.25, -0.2) is 19.3 Å². The number of pyridine rings is 1. The number of nitrogens with one attached hydrogen (secondary N) is 1. The van der Waals surface area contributed by atoms with Gasteiger partial charge < -0.3 is 20.0 Å². The van der Waals surface area contributed by atoms with Gasteiger partial charge in [0.05, 0.1) is 23.6 Å². The SMILES string of the molecule is CCN1CC2(C1)CN(c1ccc(Nc3ncc(F)c(-c4ccc5c(c4)C4(CCCC4)N(C)C5=O)n3)nc1)C2. The van der Waals surface area contributed by atoms with Gasteiger partial charge >= 0.3 is 0 Å². The Hall–Kier alpha value is -3.59. The fraction of sp³-hybridized carbons (Fsp3) is 0.448. The maximum atomic E-state index is 14.9. The molecule has 2 aromatic heterocycles. The van der Waals surface area contributed by atoms with Gasteiger partial charge in [-0.05, 0) is 49.2 Å². The first kappa shape index (κ1) is 23.5. The van der Waals surface area contributed by atoms with E-state index in [1.54, 1.807) is 6.07 Å². The van der Waals surface area contributed by atoms with Gasteiger partial charge in [0.2, 0.25) is 5.95 Å². The Balaban J connectivity index is 1.09. The highest BCUT2D eigenvalue weighted by Crippen LogP contribution is 2.50. The smallest absolute Gasteiger partial charge is 0.254 e. The number of likely N-dealkylation sites (tertiary alicyclic amines) is 1. The molecule has 3 fully saturated rings. The van der Waals surface area contributed by atoms with Crippen molar-refractivity contribution in [1.82, 2.24) is 24.8 Å². The maximum absolute atomic E-state index is 14.9. The van der Waals surface area contributed by atoms with E-state index in [0.29, 0.717) is 22.4 Å². The Morgan fingerprint density at radius 1 is 1.03 bits per heavy atom. The average Bonchev–Trinajstić information content (AvgIpc) is 3.46. The molecule has 196 valence electrons. The standard InChI is InChI=1S/C29H32FN7O/c1-3-36-15-28(16-36)17-37(18-28)20-7-9-24(31-13-20)33-27-32-14-23(30)25(34-27)19-6-8-21-22(12-19)29(10-4-5-11-29)35(2)26(21)38/h6-9,12-14H,3-5,10-11,15-18H2,1-2H3,(H,31,32,33,34). The van der Waals surface area contributed by atoms with E-state index < -0.39 is 5.82 Å². The molecule has 3 aliphatic heterocycles. The van der Waals surface area contributed by atoms with Crippen LogP contribution in [0.5, 0.6) is 0 Å². The molecule has 1 N–H and O–H groups in total. The van der Waals surface area contributed by atoms with Gasteiger partial charge in [-0.15, -0.1) is 0 Å². The number of amides is 1. The first-order chi connectivity index (χ1) is 18.4.